The van der Waals surface area contributed by atoms with Crippen molar-refractivity contribution in [1.29, 1.82) is 0 Å². The van der Waals surface area contributed by atoms with Crippen molar-refractivity contribution >= 4 is 15.7 Å². The topological polar surface area (TPSA) is 76.4 Å². The second-order valence-corrected chi connectivity index (χ2v) is 8.10. The molecule has 0 bridgehead atoms. The molecule has 6 nitrogen and oxygen atoms in total. The van der Waals surface area contributed by atoms with E-state index in [9.17, 15) is 8.42 Å². The molecule has 2 heterocycles. The smallest absolute Gasteiger partial charge is 0.240 e. The van der Waals surface area contributed by atoms with Crippen LogP contribution < -0.4 is 4.72 Å². The third kappa shape index (κ3) is 3.29. The molecule has 1 aliphatic rings. The lowest BCUT2D eigenvalue weighted by molar-refractivity contribution is 0.580. The van der Waals surface area contributed by atoms with E-state index in [2.05, 4.69) is 14.9 Å². The van der Waals surface area contributed by atoms with E-state index in [1.165, 1.54) is 12.0 Å². The molecule has 0 amide bonds. The summed E-state index contributed by atoms with van der Waals surface area (Å²) in [6, 6.07) is 11.1. The number of nitrogens with one attached hydrogen (secondary N) is 1. The molecular weight excluding hydrogens is 336 g/mol. The minimum Gasteiger partial charge on any atom is -0.286 e. The van der Waals surface area contributed by atoms with Crippen LogP contribution in [-0.4, -0.2) is 29.6 Å². The second kappa shape index (κ2) is 6.57. The molecule has 1 aromatic carbocycles. The van der Waals surface area contributed by atoms with Gasteiger partial charge in [-0.1, -0.05) is 12.1 Å². The lowest BCUT2D eigenvalue weighted by Gasteiger charge is -2.16. The van der Waals surface area contributed by atoms with Crippen molar-refractivity contribution in [1.82, 2.24) is 19.3 Å². The van der Waals surface area contributed by atoms with Gasteiger partial charge in [-0.3, -0.25) is 4.40 Å². The first kappa shape index (κ1) is 16.2. The molecule has 7 heteroatoms. The average Bonchev–Trinajstić information content (AvgIpc) is 3.04. The third-order valence-electron chi connectivity index (χ3n) is 4.66. The van der Waals surface area contributed by atoms with Gasteiger partial charge in [-0.2, -0.15) is 0 Å². The van der Waals surface area contributed by atoms with Crippen molar-refractivity contribution in [2.45, 2.75) is 37.0 Å². The second-order valence-electron chi connectivity index (χ2n) is 6.33. The summed E-state index contributed by atoms with van der Waals surface area (Å²) in [5, 5.41) is 8.20. The number of aryl methyl sites for hydroxylation is 2. The Kier molecular flexibility index (Phi) is 4.27. The molecule has 0 radical (unpaired) electrons. The maximum atomic E-state index is 12.6. The molecule has 1 aliphatic carbocycles. The zero-order chi connectivity index (χ0) is 17.3. The number of aromatic nitrogens is 3. The van der Waals surface area contributed by atoms with Crippen LogP contribution in [-0.2, 0) is 29.3 Å². The van der Waals surface area contributed by atoms with Crippen molar-refractivity contribution in [2.24, 2.45) is 0 Å². The largest absolute Gasteiger partial charge is 0.286 e. The van der Waals surface area contributed by atoms with E-state index in [4.69, 9.17) is 0 Å². The van der Waals surface area contributed by atoms with E-state index in [0.717, 1.165) is 36.3 Å². The first-order chi connectivity index (χ1) is 12.1. The Morgan fingerprint density at radius 3 is 2.76 bits per heavy atom. The highest BCUT2D eigenvalue weighted by molar-refractivity contribution is 7.89. The van der Waals surface area contributed by atoms with E-state index in [0.29, 0.717) is 11.3 Å². The summed E-state index contributed by atoms with van der Waals surface area (Å²) in [4.78, 5) is 0.347. The Balaban J connectivity index is 1.46. The van der Waals surface area contributed by atoms with Gasteiger partial charge >= 0.3 is 0 Å². The van der Waals surface area contributed by atoms with Gasteiger partial charge in [0, 0.05) is 19.2 Å². The average molecular weight is 356 g/mol. The molecule has 130 valence electrons. The Morgan fingerprint density at radius 2 is 1.88 bits per heavy atom. The summed E-state index contributed by atoms with van der Waals surface area (Å²) in [5.74, 6) is 0.740. The number of hydrogen-bond donors (Lipinski definition) is 1. The van der Waals surface area contributed by atoms with E-state index >= 15 is 0 Å². The fourth-order valence-electron chi connectivity index (χ4n) is 3.32. The summed E-state index contributed by atoms with van der Waals surface area (Å²) in [6.07, 6.45) is 6.68. The molecule has 1 N–H and O–H groups in total. The highest BCUT2D eigenvalue weighted by Gasteiger charge is 2.17. The van der Waals surface area contributed by atoms with Crippen LogP contribution in [0.25, 0.3) is 5.65 Å². The number of hydrogen-bond acceptors (Lipinski definition) is 4. The molecule has 0 unspecified atom stereocenters. The van der Waals surface area contributed by atoms with Gasteiger partial charge in [0.1, 0.15) is 5.82 Å². The summed E-state index contributed by atoms with van der Waals surface area (Å²) < 4.78 is 29.7. The van der Waals surface area contributed by atoms with Crippen molar-refractivity contribution in [3.63, 3.8) is 0 Å². The molecule has 0 atom stereocenters. The van der Waals surface area contributed by atoms with Crippen molar-refractivity contribution < 1.29 is 8.42 Å². The Hall–Kier alpha value is -2.25. The van der Waals surface area contributed by atoms with Gasteiger partial charge in [-0.05, 0) is 61.1 Å². The number of benzene rings is 1. The van der Waals surface area contributed by atoms with Gasteiger partial charge < -0.3 is 0 Å². The molecule has 3 aromatic rings. The predicted octanol–water partition coefficient (Wildman–Crippen LogP) is 2.13. The fourth-order valence-corrected chi connectivity index (χ4v) is 4.40. The standard InChI is InChI=1S/C18H20N4O2S/c23-25(24,16-9-8-14-5-1-2-6-15(14)13-16)19-11-10-18-21-20-17-7-3-4-12-22(17)18/h3-4,7-9,12-13,19H,1-2,5-6,10-11H2. The summed E-state index contributed by atoms with van der Waals surface area (Å²) in [5.41, 5.74) is 3.20. The molecule has 0 saturated heterocycles. The quantitative estimate of drug-likeness (QED) is 0.760. The number of fused-ring (bicyclic) bond motifs is 2. The highest BCUT2D eigenvalue weighted by atomic mass is 32.2. The zero-order valence-electron chi connectivity index (χ0n) is 13.9. The van der Waals surface area contributed by atoms with Crippen molar-refractivity contribution in [2.75, 3.05) is 6.54 Å². The van der Waals surface area contributed by atoms with Crippen LogP contribution in [0, 0.1) is 0 Å². The van der Waals surface area contributed by atoms with E-state index in [1.807, 2.05) is 40.9 Å². The molecule has 2 aromatic heterocycles. The van der Waals surface area contributed by atoms with Crippen molar-refractivity contribution in [3.05, 3.63) is 59.5 Å². The first-order valence-electron chi connectivity index (χ1n) is 8.54. The summed E-state index contributed by atoms with van der Waals surface area (Å²) in [6.45, 7) is 0.287. The van der Waals surface area contributed by atoms with Crippen molar-refractivity contribution in [3.8, 4) is 0 Å². The third-order valence-corrected chi connectivity index (χ3v) is 6.11. The number of nitrogens with zero attached hydrogens (tertiary/aromatic N) is 3. The lowest BCUT2D eigenvalue weighted by Crippen LogP contribution is -2.26. The predicted molar refractivity (Wildman–Crippen MR) is 95.0 cm³/mol. The Morgan fingerprint density at radius 1 is 1.04 bits per heavy atom. The lowest BCUT2D eigenvalue weighted by atomic mass is 9.92. The zero-order valence-corrected chi connectivity index (χ0v) is 14.7. The van der Waals surface area contributed by atoms with Gasteiger partial charge in [0.25, 0.3) is 0 Å². The monoisotopic (exact) mass is 356 g/mol. The number of pyridine rings is 1. The molecular formula is C18H20N4O2S. The maximum Gasteiger partial charge on any atom is 0.240 e. The van der Waals surface area contributed by atoms with Gasteiger partial charge in [-0.15, -0.1) is 10.2 Å². The molecule has 4 rings (SSSR count). The highest BCUT2D eigenvalue weighted by Crippen LogP contribution is 2.24. The normalized spacial score (nSPS) is 14.6. The molecule has 0 fully saturated rings. The number of sulfonamides is 1. The van der Waals surface area contributed by atoms with E-state index in [1.54, 1.807) is 6.07 Å². The Bertz CT molecular complexity index is 1010. The van der Waals surface area contributed by atoms with Gasteiger partial charge in [0.15, 0.2) is 5.65 Å². The van der Waals surface area contributed by atoms with Crippen LogP contribution in [0.3, 0.4) is 0 Å². The van der Waals surface area contributed by atoms with E-state index in [-0.39, 0.29) is 6.54 Å². The summed E-state index contributed by atoms with van der Waals surface area (Å²) >= 11 is 0. The molecule has 0 aliphatic heterocycles. The summed E-state index contributed by atoms with van der Waals surface area (Å²) in [7, 11) is -3.51. The van der Waals surface area contributed by atoms with Gasteiger partial charge in [0.05, 0.1) is 4.90 Å². The van der Waals surface area contributed by atoms with Gasteiger partial charge in [0.2, 0.25) is 10.0 Å². The molecule has 0 spiro atoms. The minimum atomic E-state index is -3.51. The minimum absolute atomic E-state index is 0.287. The van der Waals surface area contributed by atoms with Crippen LogP contribution in [0.4, 0.5) is 0 Å². The Labute approximate surface area is 147 Å². The SMILES string of the molecule is O=S(=O)(NCCc1nnc2ccccn12)c1ccc2c(c1)CCCC2. The first-order valence-corrected chi connectivity index (χ1v) is 10.0. The van der Waals surface area contributed by atoms with E-state index < -0.39 is 10.0 Å². The van der Waals surface area contributed by atoms with Crippen LogP contribution in [0.5, 0.6) is 0 Å². The van der Waals surface area contributed by atoms with Crippen LogP contribution in [0.15, 0.2) is 47.5 Å². The van der Waals surface area contributed by atoms with Gasteiger partial charge in [-0.25, -0.2) is 13.1 Å². The fraction of sp³-hybridized carbons (Fsp3) is 0.333. The van der Waals surface area contributed by atoms with Crippen LogP contribution in [0.1, 0.15) is 29.8 Å². The molecule has 0 saturated carbocycles. The van der Waals surface area contributed by atoms with Crippen LogP contribution >= 0.6 is 0 Å². The van der Waals surface area contributed by atoms with Crippen LogP contribution in [0.2, 0.25) is 0 Å². The maximum absolute atomic E-state index is 12.6. The molecule has 25 heavy (non-hydrogen) atoms. The number of rotatable bonds is 5.